The minimum atomic E-state index is -0.929. The molecule has 1 saturated carbocycles. The van der Waals surface area contributed by atoms with E-state index in [0.717, 1.165) is 50.5 Å². The molecule has 1 aromatic carbocycles. The van der Waals surface area contributed by atoms with Crippen LogP contribution in [-0.4, -0.2) is 58.4 Å². The number of amides is 1. The van der Waals surface area contributed by atoms with Crippen molar-refractivity contribution in [2.45, 2.75) is 37.0 Å². The maximum Gasteiger partial charge on any atom is 0.225 e. The quantitative estimate of drug-likeness (QED) is 0.821. The zero-order valence-corrected chi connectivity index (χ0v) is 15.2. The fraction of sp³-hybridized carbons (Fsp3) is 0.632. The van der Waals surface area contributed by atoms with Crippen LogP contribution in [0.25, 0.3) is 0 Å². The number of rotatable bonds is 5. The summed E-state index contributed by atoms with van der Waals surface area (Å²) >= 11 is 0. The molecule has 1 heterocycles. The van der Waals surface area contributed by atoms with Crippen LogP contribution in [-0.2, 0) is 15.6 Å². The second-order valence-corrected chi connectivity index (χ2v) is 8.44. The molecule has 0 bridgehead atoms. The molecule has 24 heavy (non-hydrogen) atoms. The summed E-state index contributed by atoms with van der Waals surface area (Å²) in [7, 11) is -0.929. The van der Waals surface area contributed by atoms with Gasteiger partial charge in [-0.2, -0.15) is 0 Å². The van der Waals surface area contributed by atoms with Crippen molar-refractivity contribution < 1.29 is 9.00 Å². The van der Waals surface area contributed by atoms with E-state index in [-0.39, 0.29) is 5.92 Å². The maximum absolute atomic E-state index is 12.6. The number of piperazine rings is 1. The van der Waals surface area contributed by atoms with Crippen LogP contribution in [0, 0.1) is 5.92 Å². The lowest BCUT2D eigenvalue weighted by atomic mass is 9.88. The molecule has 1 amide bonds. The second-order valence-electron chi connectivity index (χ2n) is 6.86. The van der Waals surface area contributed by atoms with Crippen LogP contribution in [0.1, 0.15) is 32.1 Å². The van der Waals surface area contributed by atoms with E-state index in [9.17, 15) is 9.00 Å². The van der Waals surface area contributed by atoms with Crippen molar-refractivity contribution in [2.24, 2.45) is 5.92 Å². The lowest BCUT2D eigenvalue weighted by Crippen LogP contribution is -2.51. The van der Waals surface area contributed by atoms with Crippen LogP contribution < -0.4 is 0 Å². The van der Waals surface area contributed by atoms with Crippen LogP contribution in [0.5, 0.6) is 0 Å². The van der Waals surface area contributed by atoms with Crippen LogP contribution in [0.15, 0.2) is 35.2 Å². The van der Waals surface area contributed by atoms with Gasteiger partial charge in [-0.25, -0.2) is 0 Å². The molecule has 0 aromatic heterocycles. The minimum absolute atomic E-state index is 0.274. The van der Waals surface area contributed by atoms with E-state index in [4.69, 9.17) is 0 Å². The van der Waals surface area contributed by atoms with Crippen molar-refractivity contribution in [1.82, 2.24) is 9.80 Å². The van der Waals surface area contributed by atoms with Crippen molar-refractivity contribution in [1.29, 1.82) is 0 Å². The van der Waals surface area contributed by atoms with Crippen LogP contribution >= 0.6 is 0 Å². The number of hydrogen-bond donors (Lipinski definition) is 0. The molecule has 2 fully saturated rings. The Kier molecular flexibility index (Phi) is 6.44. The van der Waals surface area contributed by atoms with Gasteiger partial charge in [-0.1, -0.05) is 37.5 Å². The molecule has 0 unspecified atom stereocenters. The summed E-state index contributed by atoms with van der Waals surface area (Å²) in [5.74, 6) is 1.32. The first kappa shape index (κ1) is 17.6. The minimum Gasteiger partial charge on any atom is -0.340 e. The fourth-order valence-electron chi connectivity index (χ4n) is 3.70. The SMILES string of the molecule is O=C(C1CCCCC1)N1CCN(CC[S@](=O)c2ccccc2)CC1. The summed E-state index contributed by atoms with van der Waals surface area (Å²) in [5, 5.41) is 0. The molecule has 3 rings (SSSR count). The van der Waals surface area contributed by atoms with E-state index in [1.54, 1.807) is 0 Å². The molecule has 132 valence electrons. The van der Waals surface area contributed by atoms with E-state index in [1.165, 1.54) is 19.3 Å². The normalized spacial score (nSPS) is 21.6. The molecule has 0 spiro atoms. The van der Waals surface area contributed by atoms with Crippen molar-refractivity contribution in [3.8, 4) is 0 Å². The highest BCUT2D eigenvalue weighted by Gasteiger charge is 2.28. The summed E-state index contributed by atoms with van der Waals surface area (Å²) in [5.41, 5.74) is 0. The predicted molar refractivity (Wildman–Crippen MR) is 97.3 cm³/mol. The molecule has 1 aromatic rings. The van der Waals surface area contributed by atoms with Gasteiger partial charge in [0.2, 0.25) is 5.91 Å². The zero-order valence-electron chi connectivity index (χ0n) is 14.4. The Labute approximate surface area is 147 Å². The Bertz CT molecular complexity index is 550. The molecule has 1 atom stereocenters. The van der Waals surface area contributed by atoms with Gasteiger partial charge in [0.05, 0.1) is 10.8 Å². The lowest BCUT2D eigenvalue weighted by Gasteiger charge is -2.37. The monoisotopic (exact) mass is 348 g/mol. The van der Waals surface area contributed by atoms with Gasteiger partial charge in [0.15, 0.2) is 0 Å². The first-order valence-corrected chi connectivity index (χ1v) is 10.5. The summed E-state index contributed by atoms with van der Waals surface area (Å²) in [6, 6.07) is 9.67. The Morgan fingerprint density at radius 3 is 2.33 bits per heavy atom. The van der Waals surface area contributed by atoms with Crippen molar-refractivity contribution in [3.63, 3.8) is 0 Å². The Morgan fingerprint density at radius 2 is 1.67 bits per heavy atom. The molecule has 0 radical (unpaired) electrons. The van der Waals surface area contributed by atoms with Crippen molar-refractivity contribution >= 4 is 16.7 Å². The molecular formula is C19H28N2O2S. The summed E-state index contributed by atoms with van der Waals surface area (Å²) < 4.78 is 12.3. The van der Waals surface area contributed by atoms with Crippen LogP contribution in [0.3, 0.4) is 0 Å². The van der Waals surface area contributed by atoms with Gasteiger partial charge in [0, 0.05) is 49.3 Å². The van der Waals surface area contributed by atoms with Gasteiger partial charge in [-0.05, 0) is 25.0 Å². The average Bonchev–Trinajstić information content (AvgIpc) is 2.67. The van der Waals surface area contributed by atoms with E-state index in [0.29, 0.717) is 11.7 Å². The summed E-state index contributed by atoms with van der Waals surface area (Å²) in [4.78, 5) is 17.9. The van der Waals surface area contributed by atoms with Gasteiger partial charge in [0.25, 0.3) is 0 Å². The molecule has 0 N–H and O–H groups in total. The predicted octanol–water partition coefficient (Wildman–Crippen LogP) is 2.52. The highest BCUT2D eigenvalue weighted by molar-refractivity contribution is 7.85. The largest absolute Gasteiger partial charge is 0.340 e. The number of carbonyl (C=O) groups excluding carboxylic acids is 1. The molecule has 2 aliphatic rings. The first-order valence-electron chi connectivity index (χ1n) is 9.18. The van der Waals surface area contributed by atoms with Gasteiger partial charge >= 0.3 is 0 Å². The lowest BCUT2D eigenvalue weighted by molar-refractivity contribution is -0.138. The number of nitrogens with zero attached hydrogens (tertiary/aromatic N) is 2. The third-order valence-corrected chi connectivity index (χ3v) is 6.59. The number of carbonyl (C=O) groups is 1. The molecule has 4 nitrogen and oxygen atoms in total. The molecule has 1 aliphatic carbocycles. The van der Waals surface area contributed by atoms with E-state index < -0.39 is 10.8 Å². The van der Waals surface area contributed by atoms with E-state index in [2.05, 4.69) is 9.80 Å². The van der Waals surface area contributed by atoms with Gasteiger partial charge in [0.1, 0.15) is 0 Å². The average molecular weight is 349 g/mol. The molecule has 1 saturated heterocycles. The van der Waals surface area contributed by atoms with Crippen molar-refractivity contribution in [2.75, 3.05) is 38.5 Å². The zero-order chi connectivity index (χ0) is 16.8. The van der Waals surface area contributed by atoms with Crippen molar-refractivity contribution in [3.05, 3.63) is 30.3 Å². The molecule has 1 aliphatic heterocycles. The third kappa shape index (κ3) is 4.67. The number of benzene rings is 1. The van der Waals surface area contributed by atoms with E-state index in [1.807, 2.05) is 30.3 Å². The maximum atomic E-state index is 12.6. The highest BCUT2D eigenvalue weighted by atomic mass is 32.2. The highest BCUT2D eigenvalue weighted by Crippen LogP contribution is 2.25. The van der Waals surface area contributed by atoms with E-state index >= 15 is 0 Å². The van der Waals surface area contributed by atoms with Gasteiger partial charge in [-0.3, -0.25) is 13.9 Å². The summed E-state index contributed by atoms with van der Waals surface area (Å²) in [6.07, 6.45) is 5.86. The standard InChI is InChI=1S/C19H28N2O2S/c22-19(17-7-3-1-4-8-17)21-13-11-20(12-14-21)15-16-24(23)18-9-5-2-6-10-18/h2,5-6,9-10,17H,1,3-4,7-8,11-16H2/t24-/m0/s1. The van der Waals surface area contributed by atoms with Crippen LogP contribution in [0.4, 0.5) is 0 Å². The third-order valence-electron chi connectivity index (χ3n) is 5.24. The topological polar surface area (TPSA) is 40.6 Å². The smallest absolute Gasteiger partial charge is 0.225 e. The molecular weight excluding hydrogens is 320 g/mol. The Hall–Kier alpha value is -1.20. The number of hydrogen-bond acceptors (Lipinski definition) is 3. The Balaban J connectivity index is 1.40. The Morgan fingerprint density at radius 1 is 1.00 bits per heavy atom. The molecule has 5 heteroatoms. The van der Waals surface area contributed by atoms with Gasteiger partial charge in [-0.15, -0.1) is 0 Å². The summed E-state index contributed by atoms with van der Waals surface area (Å²) in [6.45, 7) is 4.31. The fourth-order valence-corrected chi connectivity index (χ4v) is 4.82. The first-order chi connectivity index (χ1) is 11.7. The second kappa shape index (κ2) is 8.77. The van der Waals surface area contributed by atoms with Crippen LogP contribution in [0.2, 0.25) is 0 Å². The van der Waals surface area contributed by atoms with Gasteiger partial charge < -0.3 is 4.90 Å².